The van der Waals surface area contributed by atoms with Crippen LogP contribution in [0.3, 0.4) is 0 Å². The van der Waals surface area contributed by atoms with Crippen molar-refractivity contribution in [2.75, 3.05) is 13.1 Å². The molecule has 0 spiro atoms. The largest absolute Gasteiger partial charge is 0.458 e. The highest BCUT2D eigenvalue weighted by atomic mass is 16.5. The van der Waals surface area contributed by atoms with E-state index in [0.29, 0.717) is 24.8 Å². The molecule has 30 heteroatoms. The average Bonchev–Trinajstić information content (AvgIpc) is 1.80. The van der Waals surface area contributed by atoms with E-state index >= 15 is 9.59 Å². The number of nitrogens with two attached hydrogens (primary N) is 1. The van der Waals surface area contributed by atoms with Crippen molar-refractivity contribution in [2.45, 2.75) is 280 Å². The number of esters is 1. The minimum absolute atomic E-state index is 0.0355. The summed E-state index contributed by atoms with van der Waals surface area (Å²) < 4.78 is 5.96. The number of carbonyl (C=O) groups is 14. The number of aliphatic hydroxyl groups excluding tert-OH is 1. The van der Waals surface area contributed by atoms with Crippen molar-refractivity contribution in [3.8, 4) is 0 Å². The number of carbonyl (C=O) groups excluding carboxylic acids is 14. The summed E-state index contributed by atoms with van der Waals surface area (Å²) in [6.07, 6.45) is 1.08. The zero-order valence-electron chi connectivity index (χ0n) is 65.2. The number of amides is 13. The Labute approximate surface area is 620 Å². The van der Waals surface area contributed by atoms with E-state index in [2.05, 4.69) is 63.8 Å². The number of allylic oxidation sites excluding steroid dienone is 1. The average molecular weight is 1480 g/mol. The number of cyclic esters (lactones) is 1. The maximum Gasteiger partial charge on any atom is 0.329 e. The summed E-state index contributed by atoms with van der Waals surface area (Å²) in [7, 11) is 0. The zero-order valence-corrected chi connectivity index (χ0v) is 65.2. The quantitative estimate of drug-likeness (QED) is 0.0353. The molecule has 105 heavy (non-hydrogen) atoms. The van der Waals surface area contributed by atoms with Crippen LogP contribution in [-0.4, -0.2) is 191 Å². The Balaban J connectivity index is 2.00. The van der Waals surface area contributed by atoms with E-state index in [1.54, 1.807) is 127 Å². The van der Waals surface area contributed by atoms with Crippen LogP contribution in [0.5, 0.6) is 0 Å². The number of aliphatic hydroxyl groups is 1. The SMILES string of the molecule is C/C=C1\NC(=O)[C@H](Cc2ccccc2)NC(=O)[C@@H](C(C)C)NC(=O)[C@@H](C(C)CC)NC(=O)C(NC(=O)[C@H](NC(=O)[C@H](CCCN)NC(=O)[C@H]2CCCN2C(=O)[C@H](NC(=O)[C@@H](NC(=O)[C@@H](NC(=O)[C@H](NC(=O)CC[C@@H](C)CC)C(C)C)C(C)O)C(C)C)C(C)C)C(C)CC)[C@@H](C)OC(=O)[C@H](C(C)C)NC1=O. The highest BCUT2D eigenvalue weighted by Gasteiger charge is 2.44. The molecule has 0 bridgehead atoms. The molecule has 13 amide bonds. The molecule has 0 saturated carbocycles. The van der Waals surface area contributed by atoms with Gasteiger partial charge < -0.3 is 84.3 Å². The first-order chi connectivity index (χ1) is 49.3. The minimum atomic E-state index is -1.83. The first-order valence-corrected chi connectivity index (χ1v) is 37.5. The fraction of sp³-hybridized carbons (Fsp3) is 0.707. The Morgan fingerprint density at radius 1 is 0.610 bits per heavy atom. The van der Waals surface area contributed by atoms with Gasteiger partial charge in [0.2, 0.25) is 70.9 Å². The van der Waals surface area contributed by atoms with Gasteiger partial charge in [-0.2, -0.15) is 0 Å². The van der Waals surface area contributed by atoms with Gasteiger partial charge in [-0.25, -0.2) is 4.79 Å². The van der Waals surface area contributed by atoms with Crippen molar-refractivity contribution in [3.05, 3.63) is 47.7 Å². The van der Waals surface area contributed by atoms with Gasteiger partial charge in [0.25, 0.3) is 5.91 Å². The summed E-state index contributed by atoms with van der Waals surface area (Å²) in [5.74, 6) is -15.2. The van der Waals surface area contributed by atoms with Crippen LogP contribution in [0.25, 0.3) is 0 Å². The molecule has 2 aliphatic heterocycles. The molecule has 0 radical (unpaired) electrons. The molecule has 1 aromatic rings. The van der Waals surface area contributed by atoms with E-state index in [9.17, 15) is 62.6 Å². The van der Waals surface area contributed by atoms with Gasteiger partial charge in [-0.1, -0.05) is 166 Å². The second-order valence-corrected chi connectivity index (χ2v) is 30.0. The first kappa shape index (κ1) is 90.7. The lowest BCUT2D eigenvalue weighted by Gasteiger charge is -2.33. The van der Waals surface area contributed by atoms with Crippen LogP contribution in [-0.2, 0) is 78.3 Å². The first-order valence-electron chi connectivity index (χ1n) is 37.5. The van der Waals surface area contributed by atoms with Gasteiger partial charge in [0.05, 0.1) is 6.10 Å². The van der Waals surface area contributed by atoms with Crippen LogP contribution in [0.2, 0.25) is 0 Å². The lowest BCUT2D eigenvalue weighted by molar-refractivity contribution is -0.157. The molecular weight excluding hydrogens is 1350 g/mol. The summed E-state index contributed by atoms with van der Waals surface area (Å²) in [6.45, 7) is 31.7. The second kappa shape index (κ2) is 43.8. The van der Waals surface area contributed by atoms with Gasteiger partial charge in [0.15, 0.2) is 0 Å². The number of ether oxygens (including phenoxy) is 1. The molecule has 4 unspecified atom stereocenters. The molecule has 17 atom stereocenters. The summed E-state index contributed by atoms with van der Waals surface area (Å²) in [4.78, 5) is 202. The summed E-state index contributed by atoms with van der Waals surface area (Å²) >= 11 is 0. The van der Waals surface area contributed by atoms with Crippen molar-refractivity contribution >= 4 is 82.8 Å². The Morgan fingerprint density at radius 2 is 1.15 bits per heavy atom. The van der Waals surface area contributed by atoms with Crippen molar-refractivity contribution in [3.63, 3.8) is 0 Å². The van der Waals surface area contributed by atoms with Crippen LogP contribution in [0.4, 0.5) is 0 Å². The van der Waals surface area contributed by atoms with Crippen LogP contribution in [0, 0.1) is 47.3 Å². The number of benzene rings is 1. The third kappa shape index (κ3) is 27.4. The standard InChI is InChI=1S/C75H124N14O16/c1-20-43(15)33-34-53(91)80-54(38(5)6)68(97)87-61(46(18)90)72(101)82-56(40(9)10)69(98)83-57(41(11)12)74(103)89-36-28-32-52(89)66(95)78-50(31-27-35-76)64(93)85-59(44(16)21-2)71(100)88-62-47(19)105-75(104)58(42(13)14)84-63(92)49(23-4)77-65(94)51(37-48-29-25-24-26-30-48)79-67(96)55(39(7)8)81-70(99)60(45(17)22-3)86-73(62)102/h23-26,29-30,38-47,50-52,54-62,90H,20-22,27-28,31-37,76H2,1-19H3,(H,77,94)(H,78,95)(H,79,96)(H,80,91)(H,81,99)(H,82,101)(H,83,98)(H,84,92)(H,85,93)(H,86,102)(H,87,97)(H,88,100)/b49-23-/t43-,44?,45?,46?,47+,50-,51-,52+,54+,55+,56-,57+,58-,59+,60+,61-,62?/m0/s1. The number of hydrogen-bond donors (Lipinski definition) is 14. The monoisotopic (exact) mass is 1480 g/mol. The second-order valence-electron chi connectivity index (χ2n) is 30.0. The predicted molar refractivity (Wildman–Crippen MR) is 395 cm³/mol. The molecule has 2 aliphatic rings. The van der Waals surface area contributed by atoms with Gasteiger partial charge in [-0.3, -0.25) is 62.3 Å². The van der Waals surface area contributed by atoms with E-state index in [-0.39, 0.29) is 69.1 Å². The Morgan fingerprint density at radius 3 is 1.69 bits per heavy atom. The number of rotatable bonds is 33. The smallest absolute Gasteiger partial charge is 0.329 e. The Bertz CT molecular complexity index is 3160. The van der Waals surface area contributed by atoms with Gasteiger partial charge in [-0.15, -0.1) is 0 Å². The van der Waals surface area contributed by atoms with Gasteiger partial charge in [0, 0.05) is 19.4 Å². The Kier molecular flexibility index (Phi) is 37.8. The van der Waals surface area contributed by atoms with E-state index in [1.165, 1.54) is 31.7 Å². The maximum atomic E-state index is 15.0. The lowest BCUT2D eigenvalue weighted by atomic mass is 9.95. The summed E-state index contributed by atoms with van der Waals surface area (Å²) in [6, 6.07) is -7.67. The number of nitrogens with one attached hydrogen (secondary N) is 12. The molecule has 2 fully saturated rings. The summed E-state index contributed by atoms with van der Waals surface area (Å²) in [5, 5.41) is 43.2. The van der Waals surface area contributed by atoms with Crippen LogP contribution in [0.1, 0.15) is 195 Å². The van der Waals surface area contributed by atoms with Crippen LogP contribution < -0.4 is 69.5 Å². The van der Waals surface area contributed by atoms with Gasteiger partial charge in [-0.05, 0) is 112 Å². The normalized spacial score (nSPS) is 22.8. The number of hydrogen-bond acceptors (Lipinski definition) is 17. The lowest BCUT2D eigenvalue weighted by Crippen LogP contribution is -2.64. The molecule has 30 nitrogen and oxygen atoms in total. The molecule has 0 aliphatic carbocycles. The van der Waals surface area contributed by atoms with Crippen molar-refractivity contribution in [1.29, 1.82) is 0 Å². The van der Waals surface area contributed by atoms with E-state index in [1.807, 2.05) is 13.8 Å². The molecule has 0 aromatic heterocycles. The number of nitrogens with zero attached hydrogens (tertiary/aromatic N) is 1. The highest BCUT2D eigenvalue weighted by molar-refractivity contribution is 6.03. The van der Waals surface area contributed by atoms with Gasteiger partial charge >= 0.3 is 5.97 Å². The predicted octanol–water partition coefficient (Wildman–Crippen LogP) is 1.84. The van der Waals surface area contributed by atoms with E-state index < -0.39 is 203 Å². The van der Waals surface area contributed by atoms with Crippen molar-refractivity contribution < 1.29 is 77.0 Å². The topological polar surface area (TPSA) is 442 Å². The van der Waals surface area contributed by atoms with E-state index in [4.69, 9.17) is 10.5 Å². The summed E-state index contributed by atoms with van der Waals surface area (Å²) in [5.41, 5.74) is 6.34. The maximum absolute atomic E-state index is 15.0. The molecule has 1 aromatic carbocycles. The molecular formula is C75H124N14O16. The Hall–Kier alpha value is -8.54. The van der Waals surface area contributed by atoms with Crippen molar-refractivity contribution in [2.24, 2.45) is 53.1 Å². The van der Waals surface area contributed by atoms with Gasteiger partial charge in [0.1, 0.15) is 84.3 Å². The third-order valence-corrected chi connectivity index (χ3v) is 19.6. The molecule has 2 saturated heterocycles. The van der Waals surface area contributed by atoms with E-state index in [0.717, 1.165) is 6.42 Å². The fourth-order valence-electron chi connectivity index (χ4n) is 12.0. The van der Waals surface area contributed by atoms with Crippen LogP contribution in [0.15, 0.2) is 42.1 Å². The minimum Gasteiger partial charge on any atom is -0.458 e. The zero-order chi connectivity index (χ0) is 79.4. The van der Waals surface area contributed by atoms with Crippen molar-refractivity contribution in [1.82, 2.24) is 68.7 Å². The molecule has 15 N–H and O–H groups in total. The molecule has 590 valence electrons. The molecule has 3 rings (SSSR count). The molecule has 2 heterocycles. The van der Waals surface area contributed by atoms with Crippen LogP contribution >= 0.6 is 0 Å². The third-order valence-electron chi connectivity index (χ3n) is 19.6. The highest BCUT2D eigenvalue weighted by Crippen LogP contribution is 2.23. The number of likely N-dealkylation sites (tertiary alicyclic amines) is 1. The fourth-order valence-corrected chi connectivity index (χ4v) is 12.0.